The van der Waals surface area contributed by atoms with Gasteiger partial charge in [0.1, 0.15) is 0 Å². The van der Waals surface area contributed by atoms with E-state index in [2.05, 4.69) is 79.5 Å². The second-order valence-corrected chi connectivity index (χ2v) is 7.93. The van der Waals surface area contributed by atoms with Crippen LogP contribution in [0.25, 0.3) is 0 Å². The molecule has 0 bridgehead atoms. The molecule has 126 valence electrons. The molecule has 24 heavy (non-hydrogen) atoms. The van der Waals surface area contributed by atoms with E-state index in [4.69, 9.17) is 12.2 Å². The van der Waals surface area contributed by atoms with E-state index >= 15 is 0 Å². The molecule has 2 nitrogen and oxygen atoms in total. The van der Waals surface area contributed by atoms with Crippen molar-refractivity contribution >= 4 is 17.3 Å². The average Bonchev–Trinajstić information content (AvgIpc) is 2.59. The van der Waals surface area contributed by atoms with E-state index in [1.165, 1.54) is 22.3 Å². The predicted octanol–water partition coefficient (Wildman–Crippen LogP) is 4.42. The van der Waals surface area contributed by atoms with Gasteiger partial charge in [0.25, 0.3) is 0 Å². The molecule has 1 heterocycles. The summed E-state index contributed by atoms with van der Waals surface area (Å²) < 4.78 is 0. The summed E-state index contributed by atoms with van der Waals surface area (Å²) in [5.41, 5.74) is 5.67. The van der Waals surface area contributed by atoms with Gasteiger partial charge in [0, 0.05) is 19.6 Å². The topological polar surface area (TPSA) is 15.3 Å². The van der Waals surface area contributed by atoms with Crippen LogP contribution in [0.1, 0.15) is 43.0 Å². The van der Waals surface area contributed by atoms with Crippen LogP contribution in [-0.4, -0.2) is 16.6 Å². The highest BCUT2D eigenvalue weighted by Gasteiger charge is 2.18. The second kappa shape index (κ2) is 6.94. The Balaban J connectivity index is 1.56. The highest BCUT2D eigenvalue weighted by atomic mass is 32.1. The summed E-state index contributed by atoms with van der Waals surface area (Å²) in [5, 5.41) is 4.27. The number of hydrogen-bond donors (Lipinski definition) is 1. The van der Waals surface area contributed by atoms with E-state index in [0.717, 1.165) is 31.2 Å². The Bertz CT molecular complexity index is 713. The van der Waals surface area contributed by atoms with Crippen molar-refractivity contribution in [3.05, 3.63) is 70.8 Å². The Kier molecular flexibility index (Phi) is 4.91. The minimum Gasteiger partial charge on any atom is -0.358 e. The Hall–Kier alpha value is -1.87. The molecule has 3 rings (SSSR count). The molecule has 0 unspecified atom stereocenters. The number of benzene rings is 2. The number of nitrogens with zero attached hydrogens (tertiary/aromatic N) is 1. The van der Waals surface area contributed by atoms with Crippen LogP contribution in [0, 0.1) is 0 Å². The molecule has 1 aliphatic rings. The van der Waals surface area contributed by atoms with Gasteiger partial charge in [-0.3, -0.25) is 0 Å². The molecular formula is C21H26N2S. The Labute approximate surface area is 150 Å². The van der Waals surface area contributed by atoms with Gasteiger partial charge < -0.3 is 10.2 Å². The zero-order chi connectivity index (χ0) is 17.2. The molecule has 0 spiro atoms. The van der Waals surface area contributed by atoms with Crippen molar-refractivity contribution in [2.75, 3.05) is 6.54 Å². The molecular weight excluding hydrogens is 312 g/mol. The molecule has 1 N–H and O–H groups in total. The van der Waals surface area contributed by atoms with Crippen LogP contribution >= 0.6 is 12.2 Å². The largest absolute Gasteiger partial charge is 0.358 e. The maximum Gasteiger partial charge on any atom is 0.169 e. The van der Waals surface area contributed by atoms with Gasteiger partial charge in [-0.25, -0.2) is 0 Å². The predicted molar refractivity (Wildman–Crippen MR) is 105 cm³/mol. The van der Waals surface area contributed by atoms with E-state index in [9.17, 15) is 0 Å². The third-order valence-corrected chi connectivity index (χ3v) is 5.08. The van der Waals surface area contributed by atoms with E-state index in [0.29, 0.717) is 0 Å². The third-order valence-electron chi connectivity index (χ3n) is 4.68. The summed E-state index contributed by atoms with van der Waals surface area (Å²) in [6, 6.07) is 17.5. The molecule has 0 atom stereocenters. The Morgan fingerprint density at radius 3 is 2.38 bits per heavy atom. The van der Waals surface area contributed by atoms with Crippen LogP contribution in [0.4, 0.5) is 0 Å². The van der Waals surface area contributed by atoms with Gasteiger partial charge >= 0.3 is 0 Å². The maximum atomic E-state index is 5.60. The molecule has 0 amide bonds. The fourth-order valence-electron chi connectivity index (χ4n) is 3.08. The zero-order valence-corrected chi connectivity index (χ0v) is 15.6. The van der Waals surface area contributed by atoms with Gasteiger partial charge in [0.2, 0.25) is 0 Å². The van der Waals surface area contributed by atoms with Crippen LogP contribution in [0.15, 0.2) is 48.5 Å². The zero-order valence-electron chi connectivity index (χ0n) is 14.8. The third kappa shape index (κ3) is 3.96. The first kappa shape index (κ1) is 17.0. The lowest BCUT2D eigenvalue weighted by Crippen LogP contribution is -2.42. The van der Waals surface area contributed by atoms with E-state index in [1.54, 1.807) is 0 Å². The monoisotopic (exact) mass is 338 g/mol. The van der Waals surface area contributed by atoms with Crippen molar-refractivity contribution in [3.63, 3.8) is 0 Å². The van der Waals surface area contributed by atoms with Crippen molar-refractivity contribution in [1.82, 2.24) is 10.2 Å². The fourth-order valence-corrected chi connectivity index (χ4v) is 3.31. The van der Waals surface area contributed by atoms with Gasteiger partial charge in [0.05, 0.1) is 0 Å². The fraction of sp³-hybridized carbons (Fsp3) is 0.381. The standard InChI is InChI=1S/C21H26N2S/c1-21(2,3)19-10-8-16(9-11-19)14-22-20(24)23-13-12-17-6-4-5-7-18(17)15-23/h4-11H,12-15H2,1-3H3,(H,22,24). The first-order valence-corrected chi connectivity index (χ1v) is 9.03. The first-order chi connectivity index (χ1) is 11.4. The van der Waals surface area contributed by atoms with Crippen LogP contribution in [-0.2, 0) is 24.9 Å². The van der Waals surface area contributed by atoms with Gasteiger partial charge in [-0.05, 0) is 46.3 Å². The molecule has 0 radical (unpaired) electrons. The lowest BCUT2D eigenvalue weighted by Gasteiger charge is -2.31. The smallest absolute Gasteiger partial charge is 0.169 e. The molecule has 0 aliphatic carbocycles. The number of thiocarbonyl (C=S) groups is 1. The Morgan fingerprint density at radius 1 is 1.04 bits per heavy atom. The molecule has 2 aromatic rings. The Morgan fingerprint density at radius 2 is 1.71 bits per heavy atom. The number of rotatable bonds is 2. The van der Waals surface area contributed by atoms with E-state index < -0.39 is 0 Å². The number of hydrogen-bond acceptors (Lipinski definition) is 1. The summed E-state index contributed by atoms with van der Waals surface area (Å²) in [6.45, 7) is 9.40. The van der Waals surface area contributed by atoms with Crippen molar-refractivity contribution in [2.24, 2.45) is 0 Å². The van der Waals surface area contributed by atoms with Crippen molar-refractivity contribution in [3.8, 4) is 0 Å². The summed E-state index contributed by atoms with van der Waals surface area (Å²) in [7, 11) is 0. The van der Waals surface area contributed by atoms with Crippen LogP contribution in [0.3, 0.4) is 0 Å². The first-order valence-electron chi connectivity index (χ1n) is 8.62. The van der Waals surface area contributed by atoms with Gasteiger partial charge in [-0.1, -0.05) is 69.3 Å². The van der Waals surface area contributed by atoms with Crippen molar-refractivity contribution < 1.29 is 0 Å². The molecule has 0 saturated heterocycles. The van der Waals surface area contributed by atoms with Crippen molar-refractivity contribution in [1.29, 1.82) is 0 Å². The normalized spacial score (nSPS) is 14.2. The minimum absolute atomic E-state index is 0.197. The average molecular weight is 339 g/mol. The quantitative estimate of drug-likeness (QED) is 0.816. The van der Waals surface area contributed by atoms with E-state index in [-0.39, 0.29) is 5.41 Å². The summed E-state index contributed by atoms with van der Waals surface area (Å²) in [4.78, 5) is 2.27. The van der Waals surface area contributed by atoms with Crippen molar-refractivity contribution in [2.45, 2.75) is 45.7 Å². The minimum atomic E-state index is 0.197. The number of nitrogens with one attached hydrogen (secondary N) is 1. The number of fused-ring (bicyclic) bond motifs is 1. The summed E-state index contributed by atoms with van der Waals surface area (Å²) >= 11 is 5.60. The van der Waals surface area contributed by atoms with Gasteiger partial charge in [0.15, 0.2) is 5.11 Å². The van der Waals surface area contributed by atoms with E-state index in [1.807, 2.05) is 0 Å². The maximum absolute atomic E-state index is 5.60. The van der Waals surface area contributed by atoms with Crippen LogP contribution in [0.2, 0.25) is 0 Å². The summed E-state index contributed by atoms with van der Waals surface area (Å²) in [5.74, 6) is 0. The summed E-state index contributed by atoms with van der Waals surface area (Å²) in [6.07, 6.45) is 1.07. The lowest BCUT2D eigenvalue weighted by atomic mass is 9.87. The molecule has 1 aliphatic heterocycles. The van der Waals surface area contributed by atoms with Gasteiger partial charge in [-0.2, -0.15) is 0 Å². The van der Waals surface area contributed by atoms with Crippen LogP contribution in [0.5, 0.6) is 0 Å². The molecule has 2 aromatic carbocycles. The molecule has 0 aromatic heterocycles. The van der Waals surface area contributed by atoms with Crippen LogP contribution < -0.4 is 5.32 Å². The highest BCUT2D eigenvalue weighted by molar-refractivity contribution is 7.80. The highest BCUT2D eigenvalue weighted by Crippen LogP contribution is 2.22. The second-order valence-electron chi connectivity index (χ2n) is 7.55. The lowest BCUT2D eigenvalue weighted by molar-refractivity contribution is 0.387. The molecule has 0 fully saturated rings. The molecule has 0 saturated carbocycles. The van der Waals surface area contributed by atoms with Gasteiger partial charge in [-0.15, -0.1) is 0 Å². The molecule has 3 heteroatoms. The SMILES string of the molecule is CC(C)(C)c1ccc(CNC(=S)N2CCc3ccccc3C2)cc1.